The number of allylic oxidation sites excluding steroid dienone is 3. The Morgan fingerprint density at radius 2 is 2.03 bits per heavy atom. The van der Waals surface area contributed by atoms with Gasteiger partial charge in [-0.3, -0.25) is 14.4 Å². The number of rotatable bonds is 4. The van der Waals surface area contributed by atoms with Crippen molar-refractivity contribution in [3.05, 3.63) is 24.3 Å². The minimum atomic E-state index is -0.777. The van der Waals surface area contributed by atoms with Gasteiger partial charge in [-0.2, -0.15) is 0 Å². The summed E-state index contributed by atoms with van der Waals surface area (Å²) < 4.78 is 5.95. The fourth-order valence-electron chi connectivity index (χ4n) is 7.14. The molecule has 5 nitrogen and oxygen atoms in total. The number of fused-ring (bicyclic) bond motifs is 1. The standard InChI is InChI=1S/C24H32O5/c1-4-8-23(3)19(6-10-24(23)11-7-20(26)29-24)18-14-22(2)9-5-16(25)12-15(22)13-17(18)21(27)28/h4,12,17-19H,1,5-11,13-14H2,2-3H3,(H,27,28)/t17-,18?,19?,22?,23?,24-/m1/s1. The number of ether oxygens (including phenoxy) is 1. The lowest BCUT2D eigenvalue weighted by Gasteiger charge is -2.51. The second-order valence-corrected chi connectivity index (χ2v) is 10.2. The van der Waals surface area contributed by atoms with Gasteiger partial charge in [0.25, 0.3) is 0 Å². The maximum absolute atomic E-state index is 12.3. The van der Waals surface area contributed by atoms with Gasteiger partial charge in [0.15, 0.2) is 5.78 Å². The second kappa shape index (κ2) is 6.82. The molecular weight excluding hydrogens is 368 g/mol. The van der Waals surface area contributed by atoms with Crippen molar-refractivity contribution in [1.82, 2.24) is 0 Å². The van der Waals surface area contributed by atoms with Crippen molar-refractivity contribution in [3.8, 4) is 0 Å². The van der Waals surface area contributed by atoms with E-state index in [1.165, 1.54) is 0 Å². The first-order valence-corrected chi connectivity index (χ1v) is 10.9. The third-order valence-electron chi connectivity index (χ3n) is 8.84. The molecule has 1 heterocycles. The maximum Gasteiger partial charge on any atom is 0.307 e. The Morgan fingerprint density at radius 3 is 2.66 bits per heavy atom. The van der Waals surface area contributed by atoms with Crippen LogP contribution in [0.3, 0.4) is 0 Å². The van der Waals surface area contributed by atoms with Crippen molar-refractivity contribution >= 4 is 17.7 Å². The molecular formula is C24H32O5. The van der Waals surface area contributed by atoms with E-state index in [4.69, 9.17) is 4.74 Å². The van der Waals surface area contributed by atoms with E-state index in [0.29, 0.717) is 32.1 Å². The van der Waals surface area contributed by atoms with Crippen LogP contribution in [0, 0.1) is 28.6 Å². The molecule has 4 rings (SSSR count). The summed E-state index contributed by atoms with van der Waals surface area (Å²) in [5.74, 6) is -1.13. The van der Waals surface area contributed by atoms with Crippen LogP contribution in [0.2, 0.25) is 0 Å². The number of hydrogen-bond acceptors (Lipinski definition) is 4. The van der Waals surface area contributed by atoms with E-state index >= 15 is 0 Å². The van der Waals surface area contributed by atoms with Crippen molar-refractivity contribution < 1.29 is 24.2 Å². The number of hydrogen-bond donors (Lipinski definition) is 1. The number of carbonyl (C=O) groups excluding carboxylic acids is 2. The Labute approximate surface area is 172 Å². The minimum Gasteiger partial charge on any atom is -0.481 e. The SMILES string of the molecule is C=CCC1(C)C(C2CC3(C)CCC(=O)C=C3C[C@H]2C(=O)O)CC[C@@]12CCC(=O)O2. The molecule has 0 radical (unpaired) electrons. The van der Waals surface area contributed by atoms with Gasteiger partial charge in [-0.05, 0) is 68.3 Å². The molecule has 0 aromatic heterocycles. The predicted molar refractivity (Wildman–Crippen MR) is 108 cm³/mol. The highest BCUT2D eigenvalue weighted by molar-refractivity contribution is 5.91. The fraction of sp³-hybridized carbons (Fsp3) is 0.708. The molecule has 4 unspecified atom stereocenters. The fourth-order valence-corrected chi connectivity index (χ4v) is 7.14. The first-order chi connectivity index (χ1) is 13.6. The Balaban J connectivity index is 1.72. The molecule has 6 atom stereocenters. The van der Waals surface area contributed by atoms with Gasteiger partial charge in [0.2, 0.25) is 0 Å². The van der Waals surface area contributed by atoms with Crippen LogP contribution < -0.4 is 0 Å². The predicted octanol–water partition coefficient (Wildman–Crippen LogP) is 4.46. The Bertz CT molecular complexity index is 797. The zero-order chi connectivity index (χ0) is 21.0. The van der Waals surface area contributed by atoms with Crippen LogP contribution in [0.4, 0.5) is 0 Å². The molecule has 1 saturated heterocycles. The van der Waals surface area contributed by atoms with Crippen molar-refractivity contribution in [2.75, 3.05) is 0 Å². The molecule has 3 aliphatic carbocycles. The number of aliphatic carboxylic acids is 1. The number of esters is 1. The van der Waals surface area contributed by atoms with Gasteiger partial charge in [-0.15, -0.1) is 6.58 Å². The molecule has 1 spiro atoms. The molecule has 29 heavy (non-hydrogen) atoms. The summed E-state index contributed by atoms with van der Waals surface area (Å²) in [5.41, 5.74) is 0.108. The number of carboxylic acid groups (broad SMARTS) is 1. The van der Waals surface area contributed by atoms with E-state index in [2.05, 4.69) is 20.4 Å². The molecule has 4 aliphatic rings. The van der Waals surface area contributed by atoms with Crippen LogP contribution in [-0.2, 0) is 19.1 Å². The highest BCUT2D eigenvalue weighted by Gasteiger charge is 2.64. The van der Waals surface area contributed by atoms with E-state index in [9.17, 15) is 19.5 Å². The average molecular weight is 401 g/mol. The monoisotopic (exact) mass is 400 g/mol. The summed E-state index contributed by atoms with van der Waals surface area (Å²) in [6.45, 7) is 8.34. The van der Waals surface area contributed by atoms with Crippen LogP contribution in [0.25, 0.3) is 0 Å². The normalized spacial score (nSPS) is 44.3. The quantitative estimate of drug-likeness (QED) is 0.557. The maximum atomic E-state index is 12.3. The summed E-state index contributed by atoms with van der Waals surface area (Å²) >= 11 is 0. The molecule has 0 amide bonds. The summed E-state index contributed by atoms with van der Waals surface area (Å²) in [6, 6.07) is 0. The van der Waals surface area contributed by atoms with Crippen LogP contribution in [0.5, 0.6) is 0 Å². The zero-order valence-corrected chi connectivity index (χ0v) is 17.5. The highest BCUT2D eigenvalue weighted by Crippen LogP contribution is 2.65. The van der Waals surface area contributed by atoms with Crippen LogP contribution in [-0.4, -0.2) is 28.4 Å². The van der Waals surface area contributed by atoms with E-state index in [1.807, 2.05) is 6.08 Å². The van der Waals surface area contributed by atoms with Gasteiger partial charge < -0.3 is 9.84 Å². The Morgan fingerprint density at radius 1 is 1.28 bits per heavy atom. The van der Waals surface area contributed by atoms with Gasteiger partial charge in [-0.1, -0.05) is 25.5 Å². The van der Waals surface area contributed by atoms with Gasteiger partial charge in [-0.25, -0.2) is 0 Å². The molecule has 3 fully saturated rings. The van der Waals surface area contributed by atoms with Crippen molar-refractivity contribution in [2.24, 2.45) is 28.6 Å². The molecule has 5 heteroatoms. The number of carboxylic acids is 1. The first-order valence-electron chi connectivity index (χ1n) is 10.9. The van der Waals surface area contributed by atoms with Crippen molar-refractivity contribution in [3.63, 3.8) is 0 Å². The van der Waals surface area contributed by atoms with Gasteiger partial charge >= 0.3 is 11.9 Å². The molecule has 1 aliphatic heterocycles. The van der Waals surface area contributed by atoms with Gasteiger partial charge in [0.1, 0.15) is 5.60 Å². The summed E-state index contributed by atoms with van der Waals surface area (Å²) in [6.07, 6.45) is 9.74. The number of carbonyl (C=O) groups is 3. The zero-order valence-electron chi connectivity index (χ0n) is 17.5. The Hall–Kier alpha value is -1.91. The van der Waals surface area contributed by atoms with Crippen LogP contribution >= 0.6 is 0 Å². The van der Waals surface area contributed by atoms with Crippen LogP contribution in [0.1, 0.15) is 71.6 Å². The average Bonchev–Trinajstić information content (AvgIpc) is 3.16. The number of ketones is 1. The van der Waals surface area contributed by atoms with E-state index in [0.717, 1.165) is 31.3 Å². The van der Waals surface area contributed by atoms with Gasteiger partial charge in [0, 0.05) is 18.3 Å². The lowest BCUT2D eigenvalue weighted by molar-refractivity contribution is -0.163. The molecule has 0 bridgehead atoms. The third kappa shape index (κ3) is 3.00. The van der Waals surface area contributed by atoms with Crippen molar-refractivity contribution in [1.29, 1.82) is 0 Å². The molecule has 2 saturated carbocycles. The van der Waals surface area contributed by atoms with Gasteiger partial charge in [0.05, 0.1) is 5.92 Å². The largest absolute Gasteiger partial charge is 0.481 e. The smallest absolute Gasteiger partial charge is 0.307 e. The first kappa shape index (κ1) is 20.4. The summed E-state index contributed by atoms with van der Waals surface area (Å²) in [5, 5.41) is 10.1. The molecule has 158 valence electrons. The van der Waals surface area contributed by atoms with Crippen molar-refractivity contribution in [2.45, 2.75) is 77.2 Å². The third-order valence-corrected chi connectivity index (χ3v) is 8.84. The highest BCUT2D eigenvalue weighted by atomic mass is 16.6. The van der Waals surface area contributed by atoms with E-state index in [1.54, 1.807) is 6.08 Å². The van der Waals surface area contributed by atoms with E-state index < -0.39 is 17.5 Å². The topological polar surface area (TPSA) is 80.7 Å². The Kier molecular flexibility index (Phi) is 4.79. The minimum absolute atomic E-state index is 0.00600. The van der Waals surface area contributed by atoms with E-state index in [-0.39, 0.29) is 34.4 Å². The van der Waals surface area contributed by atoms with Crippen LogP contribution in [0.15, 0.2) is 24.3 Å². The lowest BCUT2D eigenvalue weighted by atomic mass is 9.53. The molecule has 0 aromatic rings. The summed E-state index contributed by atoms with van der Waals surface area (Å²) in [7, 11) is 0. The molecule has 1 N–H and O–H groups in total. The second-order valence-electron chi connectivity index (χ2n) is 10.2. The molecule has 0 aromatic carbocycles. The summed E-state index contributed by atoms with van der Waals surface area (Å²) in [4.78, 5) is 36.3. The lowest BCUT2D eigenvalue weighted by Crippen LogP contribution is -2.50.